The Kier molecular flexibility index (Phi) is 4.31. The molecule has 0 spiro atoms. The van der Waals surface area contributed by atoms with Crippen LogP contribution in [0, 0.1) is 5.92 Å². The third-order valence-corrected chi connectivity index (χ3v) is 5.89. The van der Waals surface area contributed by atoms with Gasteiger partial charge in [-0.05, 0) is 60.7 Å². The predicted molar refractivity (Wildman–Crippen MR) is 101 cm³/mol. The number of piperidine rings is 3. The van der Waals surface area contributed by atoms with Gasteiger partial charge in [0.2, 0.25) is 0 Å². The predicted octanol–water partition coefficient (Wildman–Crippen LogP) is 3.74. The molecular formula is C22H25NO3. The van der Waals surface area contributed by atoms with Gasteiger partial charge in [-0.2, -0.15) is 0 Å². The smallest absolute Gasteiger partial charge is 0.161 e. The third-order valence-electron chi connectivity index (χ3n) is 5.89. The molecule has 0 aliphatic carbocycles. The summed E-state index contributed by atoms with van der Waals surface area (Å²) in [6.07, 6.45) is 3.01. The largest absolute Gasteiger partial charge is 0.486 e. The van der Waals surface area contributed by atoms with Gasteiger partial charge in [-0.15, -0.1) is 0 Å². The van der Waals surface area contributed by atoms with Crippen LogP contribution < -0.4 is 9.47 Å². The number of ether oxygens (including phenoxy) is 3. The van der Waals surface area contributed by atoms with Gasteiger partial charge in [0, 0.05) is 6.54 Å². The van der Waals surface area contributed by atoms with E-state index in [2.05, 4.69) is 41.3 Å². The molecule has 4 heteroatoms. The molecule has 1 atom stereocenters. The molecule has 0 radical (unpaired) electrons. The summed E-state index contributed by atoms with van der Waals surface area (Å²) in [4.78, 5) is 2.54. The summed E-state index contributed by atoms with van der Waals surface area (Å²) in [6.45, 7) is 5.58. The van der Waals surface area contributed by atoms with E-state index < -0.39 is 0 Å². The highest BCUT2D eigenvalue weighted by atomic mass is 16.6. The highest BCUT2D eigenvalue weighted by Crippen LogP contribution is 2.35. The number of rotatable bonds is 4. The van der Waals surface area contributed by atoms with Crippen molar-refractivity contribution in [1.29, 1.82) is 0 Å². The molecule has 0 saturated carbocycles. The molecule has 26 heavy (non-hydrogen) atoms. The number of nitrogens with zero attached hydrogens (tertiary/aromatic N) is 1. The lowest BCUT2D eigenvalue weighted by Crippen LogP contribution is -2.51. The Bertz CT molecular complexity index is 765. The number of benzene rings is 2. The van der Waals surface area contributed by atoms with Crippen molar-refractivity contribution in [3.05, 3.63) is 48.0 Å². The fraction of sp³-hybridized carbons (Fsp3) is 0.455. The van der Waals surface area contributed by atoms with Gasteiger partial charge in [0.15, 0.2) is 11.5 Å². The molecule has 6 rings (SSSR count). The van der Waals surface area contributed by atoms with Crippen molar-refractivity contribution < 1.29 is 14.2 Å². The van der Waals surface area contributed by atoms with E-state index in [0.29, 0.717) is 25.9 Å². The molecule has 3 fully saturated rings. The van der Waals surface area contributed by atoms with Crippen LogP contribution in [0.1, 0.15) is 18.4 Å². The number of hydrogen-bond acceptors (Lipinski definition) is 4. The van der Waals surface area contributed by atoms with Gasteiger partial charge < -0.3 is 19.1 Å². The first-order valence-electron chi connectivity index (χ1n) is 9.68. The van der Waals surface area contributed by atoms with Gasteiger partial charge in [0.05, 0.1) is 12.7 Å². The van der Waals surface area contributed by atoms with Gasteiger partial charge >= 0.3 is 0 Å². The highest BCUT2D eigenvalue weighted by molar-refractivity contribution is 5.67. The van der Waals surface area contributed by atoms with Crippen LogP contribution in [0.2, 0.25) is 0 Å². The zero-order chi connectivity index (χ0) is 17.3. The molecular weight excluding hydrogens is 326 g/mol. The van der Waals surface area contributed by atoms with Gasteiger partial charge in [-0.1, -0.05) is 30.3 Å². The Labute approximate surface area is 154 Å². The van der Waals surface area contributed by atoms with Gasteiger partial charge in [-0.25, -0.2) is 0 Å². The minimum absolute atomic E-state index is 0.412. The Hall–Kier alpha value is -2.04. The van der Waals surface area contributed by atoms with E-state index in [4.69, 9.17) is 14.2 Å². The van der Waals surface area contributed by atoms with E-state index in [1.54, 1.807) is 0 Å². The van der Waals surface area contributed by atoms with E-state index in [0.717, 1.165) is 29.5 Å². The Morgan fingerprint density at radius 3 is 2.35 bits per heavy atom. The van der Waals surface area contributed by atoms with Crippen LogP contribution in [0.15, 0.2) is 42.5 Å². The topological polar surface area (TPSA) is 30.9 Å². The molecule has 4 heterocycles. The van der Waals surface area contributed by atoms with E-state index in [1.165, 1.54) is 37.1 Å². The quantitative estimate of drug-likeness (QED) is 0.840. The first kappa shape index (κ1) is 16.2. The van der Waals surface area contributed by atoms with Crippen LogP contribution in [0.4, 0.5) is 0 Å². The molecule has 4 aliphatic heterocycles. The van der Waals surface area contributed by atoms with Crippen LogP contribution in [-0.2, 0) is 11.3 Å². The van der Waals surface area contributed by atoms with Crippen molar-refractivity contribution >= 4 is 0 Å². The van der Waals surface area contributed by atoms with Crippen molar-refractivity contribution in [2.45, 2.75) is 25.6 Å². The summed E-state index contributed by atoms with van der Waals surface area (Å²) >= 11 is 0. The van der Waals surface area contributed by atoms with Crippen molar-refractivity contribution in [3.63, 3.8) is 0 Å². The summed E-state index contributed by atoms with van der Waals surface area (Å²) < 4.78 is 17.5. The molecule has 2 bridgehead atoms. The molecule has 0 amide bonds. The molecule has 1 unspecified atom stereocenters. The summed E-state index contributed by atoms with van der Waals surface area (Å²) in [5.74, 6) is 2.43. The molecule has 2 aromatic rings. The molecule has 0 N–H and O–H groups in total. The summed E-state index contributed by atoms with van der Waals surface area (Å²) in [6, 6.07) is 14.8. The van der Waals surface area contributed by atoms with Crippen LogP contribution in [0.5, 0.6) is 11.5 Å². The zero-order valence-electron chi connectivity index (χ0n) is 15.0. The fourth-order valence-corrected chi connectivity index (χ4v) is 4.32. The average molecular weight is 351 g/mol. The van der Waals surface area contributed by atoms with Crippen molar-refractivity contribution in [1.82, 2.24) is 4.90 Å². The normalized spacial score (nSPS) is 26.7. The molecule has 4 nitrogen and oxygen atoms in total. The third kappa shape index (κ3) is 3.19. The average Bonchev–Trinajstić information content (AvgIpc) is 2.73. The minimum Gasteiger partial charge on any atom is -0.486 e. The Morgan fingerprint density at radius 2 is 1.62 bits per heavy atom. The van der Waals surface area contributed by atoms with Crippen molar-refractivity contribution in [2.75, 3.05) is 32.8 Å². The van der Waals surface area contributed by atoms with Gasteiger partial charge in [0.1, 0.15) is 13.2 Å². The summed E-state index contributed by atoms with van der Waals surface area (Å²) in [5, 5.41) is 0. The number of fused-ring (bicyclic) bond motifs is 4. The van der Waals surface area contributed by atoms with Crippen LogP contribution in [0.25, 0.3) is 11.1 Å². The fourth-order valence-electron chi connectivity index (χ4n) is 4.32. The van der Waals surface area contributed by atoms with Crippen molar-refractivity contribution in [2.24, 2.45) is 5.92 Å². The first-order chi connectivity index (χ1) is 12.8. The zero-order valence-corrected chi connectivity index (χ0v) is 15.0. The van der Waals surface area contributed by atoms with E-state index in [1.807, 2.05) is 6.07 Å². The SMILES string of the molecule is c1cc(-c2ccc3c(c2)OCCO3)ccc1COC1CN2CCC1CC2. The second-order valence-corrected chi connectivity index (χ2v) is 7.54. The molecule has 0 aromatic heterocycles. The first-order valence-corrected chi connectivity index (χ1v) is 9.68. The lowest BCUT2D eigenvalue weighted by Gasteiger charge is -2.44. The van der Waals surface area contributed by atoms with E-state index in [-0.39, 0.29) is 0 Å². The second-order valence-electron chi connectivity index (χ2n) is 7.54. The van der Waals surface area contributed by atoms with E-state index >= 15 is 0 Å². The second kappa shape index (κ2) is 6.93. The van der Waals surface area contributed by atoms with Crippen LogP contribution in [-0.4, -0.2) is 43.9 Å². The van der Waals surface area contributed by atoms with Gasteiger partial charge in [0.25, 0.3) is 0 Å². The molecule has 3 saturated heterocycles. The van der Waals surface area contributed by atoms with E-state index in [9.17, 15) is 0 Å². The maximum atomic E-state index is 6.24. The molecule has 2 aromatic carbocycles. The van der Waals surface area contributed by atoms with Gasteiger partial charge in [-0.3, -0.25) is 0 Å². The Morgan fingerprint density at radius 1 is 0.885 bits per heavy atom. The summed E-state index contributed by atoms with van der Waals surface area (Å²) in [5.41, 5.74) is 3.58. The molecule has 136 valence electrons. The highest BCUT2D eigenvalue weighted by Gasteiger charge is 2.34. The lowest BCUT2D eigenvalue weighted by molar-refractivity contribution is -0.0765. The summed E-state index contributed by atoms with van der Waals surface area (Å²) in [7, 11) is 0. The van der Waals surface area contributed by atoms with Crippen molar-refractivity contribution in [3.8, 4) is 22.6 Å². The minimum atomic E-state index is 0.412. The maximum Gasteiger partial charge on any atom is 0.161 e. The molecule has 4 aliphatic rings. The standard InChI is InChI=1S/C22H25NO3/c1-3-17(19-5-6-20-21(13-19)25-12-11-24-20)4-2-16(1)15-26-22-14-23-9-7-18(22)8-10-23/h1-6,13,18,22H,7-12,14-15H2. The monoisotopic (exact) mass is 351 g/mol. The lowest BCUT2D eigenvalue weighted by atomic mass is 9.86. The Balaban J connectivity index is 1.24. The number of hydrogen-bond donors (Lipinski definition) is 0. The van der Waals surface area contributed by atoms with Crippen LogP contribution in [0.3, 0.4) is 0 Å². The maximum absolute atomic E-state index is 6.24. The van der Waals surface area contributed by atoms with Crippen LogP contribution >= 0.6 is 0 Å².